The number of hydrogen-bond donors (Lipinski definition) is 1. The van der Waals surface area contributed by atoms with E-state index in [2.05, 4.69) is 17.2 Å². The summed E-state index contributed by atoms with van der Waals surface area (Å²) in [5.41, 5.74) is 0.871. The van der Waals surface area contributed by atoms with Gasteiger partial charge in [-0.3, -0.25) is 10.1 Å². The van der Waals surface area contributed by atoms with E-state index in [9.17, 15) is 10.1 Å². The predicted octanol–water partition coefficient (Wildman–Crippen LogP) is 2.66. The molecule has 0 heterocycles. The molecule has 90 valence electrons. The van der Waals surface area contributed by atoms with Gasteiger partial charge in [0.25, 0.3) is 5.69 Å². The lowest BCUT2D eigenvalue weighted by molar-refractivity contribution is -0.385. The van der Waals surface area contributed by atoms with Gasteiger partial charge in [0, 0.05) is 30.6 Å². The van der Waals surface area contributed by atoms with Crippen molar-refractivity contribution in [3.05, 3.63) is 39.9 Å². The first kappa shape index (κ1) is 13.2. The molecule has 0 saturated carbocycles. The Morgan fingerprint density at radius 2 is 2.18 bits per heavy atom. The zero-order chi connectivity index (χ0) is 12.7. The van der Waals surface area contributed by atoms with E-state index in [1.54, 1.807) is 19.1 Å². The van der Waals surface area contributed by atoms with Gasteiger partial charge in [0.15, 0.2) is 0 Å². The van der Waals surface area contributed by atoms with Crippen molar-refractivity contribution >= 4 is 5.69 Å². The average molecular weight is 232 g/mol. The molecular weight excluding hydrogens is 216 g/mol. The van der Waals surface area contributed by atoms with Crippen molar-refractivity contribution < 1.29 is 4.92 Å². The molecule has 0 aliphatic heterocycles. The van der Waals surface area contributed by atoms with Gasteiger partial charge >= 0.3 is 0 Å². The highest BCUT2D eigenvalue weighted by Gasteiger charge is 2.16. The number of nitrogens with one attached hydrogen (secondary N) is 1. The molecule has 0 bridgehead atoms. The van der Waals surface area contributed by atoms with Crippen LogP contribution in [-0.4, -0.2) is 11.5 Å². The van der Waals surface area contributed by atoms with E-state index in [0.29, 0.717) is 5.56 Å². The molecule has 1 aromatic carbocycles. The molecule has 0 aliphatic rings. The number of nitrogens with zero attached hydrogens (tertiary/aromatic N) is 1. The Morgan fingerprint density at radius 3 is 2.82 bits per heavy atom. The SMILES string of the molecule is CC#CCCNC(C)c1ccccc1[N+](=O)[O-]. The first-order valence-corrected chi connectivity index (χ1v) is 5.53. The number of nitro benzene ring substituents is 1. The van der Waals surface area contributed by atoms with Crippen molar-refractivity contribution in [3.63, 3.8) is 0 Å². The van der Waals surface area contributed by atoms with Crippen molar-refractivity contribution in [2.45, 2.75) is 26.3 Å². The highest BCUT2D eigenvalue weighted by Crippen LogP contribution is 2.24. The Kier molecular flexibility index (Phi) is 5.18. The van der Waals surface area contributed by atoms with E-state index in [4.69, 9.17) is 0 Å². The summed E-state index contributed by atoms with van der Waals surface area (Å²) in [6.07, 6.45) is 0.751. The van der Waals surface area contributed by atoms with Crippen molar-refractivity contribution in [1.82, 2.24) is 5.32 Å². The third-order valence-electron chi connectivity index (χ3n) is 2.48. The van der Waals surface area contributed by atoms with Crippen LogP contribution in [0.25, 0.3) is 0 Å². The zero-order valence-electron chi connectivity index (χ0n) is 10.1. The van der Waals surface area contributed by atoms with Gasteiger partial charge < -0.3 is 5.32 Å². The fraction of sp³-hybridized carbons (Fsp3) is 0.385. The number of rotatable bonds is 5. The second-order valence-corrected chi connectivity index (χ2v) is 3.67. The van der Waals surface area contributed by atoms with Crippen LogP contribution >= 0.6 is 0 Å². The van der Waals surface area contributed by atoms with E-state index >= 15 is 0 Å². The molecule has 1 rings (SSSR count). The molecule has 1 unspecified atom stereocenters. The third-order valence-corrected chi connectivity index (χ3v) is 2.48. The van der Waals surface area contributed by atoms with E-state index in [-0.39, 0.29) is 16.7 Å². The lowest BCUT2D eigenvalue weighted by Crippen LogP contribution is -2.20. The minimum absolute atomic E-state index is 0.0461. The number of benzene rings is 1. The molecule has 0 amide bonds. The van der Waals surface area contributed by atoms with E-state index < -0.39 is 0 Å². The van der Waals surface area contributed by atoms with E-state index in [1.165, 1.54) is 6.07 Å². The average Bonchev–Trinajstić information content (AvgIpc) is 2.34. The molecule has 0 spiro atoms. The molecule has 1 N–H and O–H groups in total. The maximum atomic E-state index is 10.9. The third kappa shape index (κ3) is 3.89. The summed E-state index contributed by atoms with van der Waals surface area (Å²) in [5.74, 6) is 5.76. The van der Waals surface area contributed by atoms with Gasteiger partial charge in [-0.1, -0.05) is 18.2 Å². The van der Waals surface area contributed by atoms with Crippen molar-refractivity contribution in [2.24, 2.45) is 0 Å². The summed E-state index contributed by atoms with van der Waals surface area (Å²) in [4.78, 5) is 10.5. The maximum absolute atomic E-state index is 10.9. The number of hydrogen-bond acceptors (Lipinski definition) is 3. The van der Waals surface area contributed by atoms with Gasteiger partial charge in [-0.2, -0.15) is 0 Å². The Labute approximate surface area is 101 Å². The van der Waals surface area contributed by atoms with Crippen molar-refractivity contribution in [2.75, 3.05) is 6.54 Å². The lowest BCUT2D eigenvalue weighted by atomic mass is 10.1. The predicted molar refractivity (Wildman–Crippen MR) is 67.6 cm³/mol. The summed E-state index contributed by atoms with van der Waals surface area (Å²) in [7, 11) is 0. The molecule has 0 fully saturated rings. The van der Waals surface area contributed by atoms with E-state index in [0.717, 1.165) is 13.0 Å². The van der Waals surface area contributed by atoms with Crippen LogP contribution in [-0.2, 0) is 0 Å². The van der Waals surface area contributed by atoms with Gasteiger partial charge in [-0.15, -0.1) is 11.8 Å². The summed E-state index contributed by atoms with van der Waals surface area (Å²) in [6.45, 7) is 4.45. The zero-order valence-corrected chi connectivity index (χ0v) is 10.1. The van der Waals surface area contributed by atoms with Crippen LogP contribution in [0.2, 0.25) is 0 Å². The molecule has 0 saturated heterocycles. The van der Waals surface area contributed by atoms with Gasteiger partial charge in [0.05, 0.1) is 4.92 Å². The fourth-order valence-corrected chi connectivity index (χ4v) is 1.61. The van der Waals surface area contributed by atoms with Crippen LogP contribution in [0.4, 0.5) is 5.69 Å². The summed E-state index contributed by atoms with van der Waals surface area (Å²) in [5, 5.41) is 14.1. The maximum Gasteiger partial charge on any atom is 0.274 e. The van der Waals surface area contributed by atoms with Crippen LogP contribution in [0, 0.1) is 22.0 Å². The highest BCUT2D eigenvalue weighted by atomic mass is 16.6. The molecule has 1 atom stereocenters. The normalized spacial score (nSPS) is 11.4. The van der Waals surface area contributed by atoms with Crippen molar-refractivity contribution in [3.8, 4) is 11.8 Å². The minimum Gasteiger partial charge on any atom is -0.309 e. The second kappa shape index (κ2) is 6.66. The quantitative estimate of drug-likeness (QED) is 0.367. The molecule has 0 radical (unpaired) electrons. The topological polar surface area (TPSA) is 55.2 Å². The number of para-hydroxylation sites is 1. The van der Waals surface area contributed by atoms with Crippen LogP contribution in [0.1, 0.15) is 31.9 Å². The standard InChI is InChI=1S/C13H16N2O2/c1-3-4-7-10-14-11(2)12-8-5-6-9-13(12)15(16)17/h5-6,8-9,11,14H,7,10H2,1-2H3. The molecule has 0 aromatic heterocycles. The molecule has 4 nitrogen and oxygen atoms in total. The highest BCUT2D eigenvalue weighted by molar-refractivity contribution is 5.41. The summed E-state index contributed by atoms with van der Waals surface area (Å²) < 4.78 is 0. The Balaban J connectivity index is 2.70. The number of nitro groups is 1. The molecular formula is C13H16N2O2. The van der Waals surface area contributed by atoms with Crippen molar-refractivity contribution in [1.29, 1.82) is 0 Å². The van der Waals surface area contributed by atoms with Gasteiger partial charge in [0.1, 0.15) is 0 Å². The first-order chi connectivity index (χ1) is 8.16. The summed E-state index contributed by atoms with van der Waals surface area (Å²) in [6, 6.07) is 6.75. The Morgan fingerprint density at radius 1 is 1.47 bits per heavy atom. The Hall–Kier alpha value is -1.86. The van der Waals surface area contributed by atoms with Crippen LogP contribution in [0.5, 0.6) is 0 Å². The largest absolute Gasteiger partial charge is 0.309 e. The minimum atomic E-state index is -0.348. The molecule has 1 aromatic rings. The molecule has 4 heteroatoms. The molecule has 17 heavy (non-hydrogen) atoms. The monoisotopic (exact) mass is 232 g/mol. The van der Waals surface area contributed by atoms with Crippen LogP contribution in [0.15, 0.2) is 24.3 Å². The van der Waals surface area contributed by atoms with Gasteiger partial charge in [-0.05, 0) is 13.8 Å². The van der Waals surface area contributed by atoms with Crippen LogP contribution in [0.3, 0.4) is 0 Å². The Bertz CT molecular complexity index is 446. The molecule has 0 aliphatic carbocycles. The summed E-state index contributed by atoms with van der Waals surface area (Å²) >= 11 is 0. The van der Waals surface area contributed by atoms with Gasteiger partial charge in [-0.25, -0.2) is 0 Å². The fourth-order valence-electron chi connectivity index (χ4n) is 1.61. The van der Waals surface area contributed by atoms with Gasteiger partial charge in [0.2, 0.25) is 0 Å². The van der Waals surface area contributed by atoms with Crippen LogP contribution < -0.4 is 5.32 Å². The van der Waals surface area contributed by atoms with E-state index in [1.807, 2.05) is 13.0 Å². The lowest BCUT2D eigenvalue weighted by Gasteiger charge is -2.13. The smallest absolute Gasteiger partial charge is 0.274 e. The first-order valence-electron chi connectivity index (χ1n) is 5.53. The second-order valence-electron chi connectivity index (χ2n) is 3.67.